The zero-order valence-electron chi connectivity index (χ0n) is 16.3. The average molecular weight is 434 g/mol. The molecule has 9 heteroatoms. The van der Waals surface area contributed by atoms with E-state index in [0.29, 0.717) is 31.0 Å². The molecule has 1 N–H and O–H groups in total. The Morgan fingerprint density at radius 1 is 1.10 bits per heavy atom. The van der Waals surface area contributed by atoms with Gasteiger partial charge >= 0.3 is 0 Å². The first-order valence-electron chi connectivity index (χ1n) is 9.86. The van der Waals surface area contributed by atoms with Crippen LogP contribution in [0.5, 0.6) is 11.5 Å². The third-order valence-corrected chi connectivity index (χ3v) is 7.31. The molecule has 4 rings (SSSR count). The molecule has 160 valence electrons. The highest BCUT2D eigenvalue weighted by Crippen LogP contribution is 2.32. The minimum absolute atomic E-state index is 0.0385. The Morgan fingerprint density at radius 3 is 2.67 bits per heavy atom. The fourth-order valence-corrected chi connectivity index (χ4v) is 5.47. The predicted molar refractivity (Wildman–Crippen MR) is 107 cm³/mol. The lowest BCUT2D eigenvalue weighted by Crippen LogP contribution is -2.45. The molecule has 0 spiro atoms. The van der Waals surface area contributed by atoms with Gasteiger partial charge in [0.2, 0.25) is 22.7 Å². The summed E-state index contributed by atoms with van der Waals surface area (Å²) in [6, 6.07) is 9.81. The second-order valence-corrected chi connectivity index (χ2v) is 9.28. The van der Waals surface area contributed by atoms with Crippen LogP contribution >= 0.6 is 0 Å². The summed E-state index contributed by atoms with van der Waals surface area (Å²) >= 11 is 0. The molecule has 2 heterocycles. The van der Waals surface area contributed by atoms with Crippen molar-refractivity contribution in [2.24, 2.45) is 0 Å². The fraction of sp³-hybridized carbons (Fsp3) is 0.381. The summed E-state index contributed by atoms with van der Waals surface area (Å²) in [5.41, 5.74) is 0.868. The summed E-state index contributed by atoms with van der Waals surface area (Å²) in [6.07, 6.45) is 2.27. The number of hydrogen-bond donors (Lipinski definition) is 1. The minimum atomic E-state index is -3.79. The van der Waals surface area contributed by atoms with Crippen LogP contribution in [0.3, 0.4) is 0 Å². The van der Waals surface area contributed by atoms with Gasteiger partial charge in [-0.3, -0.25) is 4.79 Å². The van der Waals surface area contributed by atoms with E-state index in [1.54, 1.807) is 6.07 Å². The highest BCUT2D eigenvalue weighted by molar-refractivity contribution is 7.89. The lowest BCUT2D eigenvalue weighted by atomic mass is 10.0. The first-order valence-corrected chi connectivity index (χ1v) is 11.3. The van der Waals surface area contributed by atoms with Gasteiger partial charge < -0.3 is 14.8 Å². The van der Waals surface area contributed by atoms with Crippen molar-refractivity contribution in [3.05, 3.63) is 53.8 Å². The number of benzene rings is 2. The van der Waals surface area contributed by atoms with Crippen molar-refractivity contribution in [2.45, 2.75) is 43.2 Å². The number of hydrogen-bond acceptors (Lipinski definition) is 5. The molecule has 2 aromatic carbocycles. The van der Waals surface area contributed by atoms with E-state index in [9.17, 15) is 17.6 Å². The van der Waals surface area contributed by atoms with Crippen LogP contribution < -0.4 is 14.8 Å². The van der Waals surface area contributed by atoms with Crippen LogP contribution in [0.1, 0.15) is 31.2 Å². The Kier molecular flexibility index (Phi) is 5.92. The van der Waals surface area contributed by atoms with E-state index in [0.717, 1.165) is 30.5 Å². The quantitative estimate of drug-likeness (QED) is 0.756. The topological polar surface area (TPSA) is 84.9 Å². The normalized spacial score (nSPS) is 18.9. The van der Waals surface area contributed by atoms with E-state index < -0.39 is 21.9 Å². The number of amides is 1. The number of ether oxygens (including phenoxy) is 2. The molecule has 0 saturated carbocycles. The Hall–Kier alpha value is -2.65. The highest BCUT2D eigenvalue weighted by atomic mass is 32.2. The Bertz CT molecular complexity index is 1030. The van der Waals surface area contributed by atoms with Crippen LogP contribution in [-0.4, -0.2) is 38.0 Å². The molecule has 1 saturated heterocycles. The van der Waals surface area contributed by atoms with Crippen LogP contribution in [0.15, 0.2) is 47.4 Å². The third-order valence-electron chi connectivity index (χ3n) is 5.34. The molecule has 1 fully saturated rings. The van der Waals surface area contributed by atoms with Crippen LogP contribution in [0.2, 0.25) is 0 Å². The van der Waals surface area contributed by atoms with Crippen LogP contribution in [0.25, 0.3) is 0 Å². The second-order valence-electron chi connectivity index (χ2n) is 7.39. The molecule has 2 aromatic rings. The van der Waals surface area contributed by atoms with Gasteiger partial charge in [0.1, 0.15) is 5.82 Å². The van der Waals surface area contributed by atoms with Crippen molar-refractivity contribution < 1.29 is 27.1 Å². The maximum atomic E-state index is 13.2. The summed E-state index contributed by atoms with van der Waals surface area (Å²) in [6.45, 7) is 0.845. The second kappa shape index (κ2) is 8.61. The molecular formula is C21H23FN2O5S. The maximum absolute atomic E-state index is 13.2. The van der Waals surface area contributed by atoms with Gasteiger partial charge in [-0.2, -0.15) is 4.31 Å². The molecule has 2 aliphatic heterocycles. The predicted octanol–water partition coefficient (Wildman–Crippen LogP) is 2.80. The van der Waals surface area contributed by atoms with Crippen molar-refractivity contribution in [2.75, 3.05) is 13.3 Å². The summed E-state index contributed by atoms with van der Waals surface area (Å²) < 4.78 is 51.2. The summed E-state index contributed by atoms with van der Waals surface area (Å²) in [5, 5.41) is 2.85. The lowest BCUT2D eigenvalue weighted by Gasteiger charge is -2.34. The van der Waals surface area contributed by atoms with Gasteiger partial charge in [0.05, 0.1) is 4.90 Å². The summed E-state index contributed by atoms with van der Waals surface area (Å²) in [5.74, 6) is 0.602. The molecular weight excluding hydrogens is 411 g/mol. The zero-order valence-corrected chi connectivity index (χ0v) is 17.2. The van der Waals surface area contributed by atoms with Gasteiger partial charge in [-0.15, -0.1) is 0 Å². The molecule has 0 aliphatic carbocycles. The van der Waals surface area contributed by atoms with Gasteiger partial charge in [0, 0.05) is 25.6 Å². The lowest BCUT2D eigenvalue weighted by molar-refractivity contribution is -0.122. The number of carbonyl (C=O) groups is 1. The fourth-order valence-electron chi connectivity index (χ4n) is 3.77. The Labute approximate surface area is 174 Å². The van der Waals surface area contributed by atoms with E-state index in [-0.39, 0.29) is 24.0 Å². The first-order chi connectivity index (χ1) is 14.4. The van der Waals surface area contributed by atoms with Crippen LogP contribution in [-0.2, 0) is 21.4 Å². The van der Waals surface area contributed by atoms with E-state index in [1.165, 1.54) is 16.4 Å². The molecule has 30 heavy (non-hydrogen) atoms. The summed E-state index contributed by atoms with van der Waals surface area (Å²) in [7, 11) is -3.79. The number of rotatable bonds is 6. The molecule has 0 aromatic heterocycles. The molecule has 1 atom stereocenters. The smallest absolute Gasteiger partial charge is 0.243 e. The van der Waals surface area contributed by atoms with Crippen LogP contribution in [0, 0.1) is 5.82 Å². The van der Waals surface area contributed by atoms with Gasteiger partial charge in [-0.25, -0.2) is 12.8 Å². The van der Waals surface area contributed by atoms with Crippen molar-refractivity contribution in [1.82, 2.24) is 9.62 Å². The van der Waals surface area contributed by atoms with E-state index >= 15 is 0 Å². The number of halogens is 1. The SMILES string of the molecule is O=C(C[C@@H]1CCCCN1S(=O)(=O)c1ccc(F)cc1)NCc1ccc2c(c1)OCO2. The molecule has 2 aliphatic rings. The van der Waals surface area contributed by atoms with Crippen molar-refractivity contribution >= 4 is 15.9 Å². The highest BCUT2D eigenvalue weighted by Gasteiger charge is 2.34. The standard InChI is InChI=1S/C21H23FN2O5S/c22-16-5-7-18(8-6-16)30(26,27)24-10-2-1-3-17(24)12-21(25)23-13-15-4-9-19-20(11-15)29-14-28-19/h4-9,11,17H,1-3,10,12-14H2,(H,23,25)/t17-/m0/s1. The van der Waals surface area contributed by atoms with E-state index in [4.69, 9.17) is 9.47 Å². The molecule has 0 unspecified atom stereocenters. The maximum Gasteiger partial charge on any atom is 0.243 e. The number of sulfonamides is 1. The van der Waals surface area contributed by atoms with Gasteiger partial charge in [0.15, 0.2) is 11.5 Å². The number of carbonyl (C=O) groups excluding carboxylic acids is 1. The monoisotopic (exact) mass is 434 g/mol. The average Bonchev–Trinajstić information content (AvgIpc) is 3.21. The van der Waals surface area contributed by atoms with E-state index in [1.807, 2.05) is 12.1 Å². The molecule has 0 radical (unpaired) electrons. The molecule has 0 bridgehead atoms. The summed E-state index contributed by atoms with van der Waals surface area (Å²) in [4.78, 5) is 12.6. The Morgan fingerprint density at radius 2 is 1.87 bits per heavy atom. The molecule has 7 nitrogen and oxygen atoms in total. The van der Waals surface area contributed by atoms with Gasteiger partial charge in [-0.05, 0) is 54.8 Å². The van der Waals surface area contributed by atoms with E-state index in [2.05, 4.69) is 5.32 Å². The largest absolute Gasteiger partial charge is 0.454 e. The number of piperidine rings is 1. The third kappa shape index (κ3) is 4.41. The number of nitrogens with zero attached hydrogens (tertiary/aromatic N) is 1. The van der Waals surface area contributed by atoms with Gasteiger partial charge in [-0.1, -0.05) is 12.5 Å². The van der Waals surface area contributed by atoms with Crippen LogP contribution in [0.4, 0.5) is 4.39 Å². The van der Waals surface area contributed by atoms with Gasteiger partial charge in [0.25, 0.3) is 0 Å². The van der Waals surface area contributed by atoms with Crippen molar-refractivity contribution in [3.63, 3.8) is 0 Å². The van der Waals surface area contributed by atoms with Crippen molar-refractivity contribution in [3.8, 4) is 11.5 Å². The molecule has 1 amide bonds. The Balaban J connectivity index is 1.40. The first kappa shape index (κ1) is 20.6. The minimum Gasteiger partial charge on any atom is -0.454 e. The number of fused-ring (bicyclic) bond motifs is 1. The number of nitrogens with one attached hydrogen (secondary N) is 1. The zero-order chi connectivity index (χ0) is 21.1. The van der Waals surface area contributed by atoms with Crippen molar-refractivity contribution in [1.29, 1.82) is 0 Å².